The lowest BCUT2D eigenvalue weighted by atomic mass is 9.93. The van der Waals surface area contributed by atoms with Crippen LogP contribution in [0.5, 0.6) is 0 Å². The number of hydrogen-bond acceptors (Lipinski definition) is 3. The molecule has 1 aromatic heterocycles. The molecule has 0 spiro atoms. The van der Waals surface area contributed by atoms with Crippen molar-refractivity contribution in [2.24, 2.45) is 0 Å². The monoisotopic (exact) mass is 351 g/mol. The fourth-order valence-electron chi connectivity index (χ4n) is 4.51. The molecule has 2 heterocycles. The van der Waals surface area contributed by atoms with Crippen LogP contribution >= 0.6 is 0 Å². The molecule has 1 aliphatic carbocycles. The summed E-state index contributed by atoms with van der Waals surface area (Å²) in [5.74, 6) is 0.952. The Morgan fingerprint density at radius 3 is 2.15 bits per heavy atom. The first kappa shape index (κ1) is 17.4. The van der Waals surface area contributed by atoms with Gasteiger partial charge in [0, 0.05) is 25.1 Å². The molecule has 1 aliphatic heterocycles. The molecule has 3 heteroatoms. The molecule has 0 bridgehead atoms. The van der Waals surface area contributed by atoms with Crippen molar-refractivity contribution in [3.63, 3.8) is 0 Å². The molecule has 0 saturated carbocycles. The topological polar surface area (TPSA) is 33.5 Å². The number of aryl methyl sites for hydroxylation is 1. The second-order valence-corrected chi connectivity index (χ2v) is 7.70. The van der Waals surface area contributed by atoms with Crippen molar-refractivity contribution in [3.8, 4) is 11.1 Å². The molecule has 26 heavy (non-hydrogen) atoms. The molecule has 4 rings (SSSR count). The lowest BCUT2D eigenvalue weighted by Gasteiger charge is -2.29. The first-order chi connectivity index (χ1) is 12.8. The van der Waals surface area contributed by atoms with Crippen LogP contribution in [-0.2, 0) is 12.8 Å². The molecule has 3 nitrogen and oxygen atoms in total. The van der Waals surface area contributed by atoms with Crippen LogP contribution in [0.3, 0.4) is 0 Å². The summed E-state index contributed by atoms with van der Waals surface area (Å²) in [6.45, 7) is 2.10. The van der Waals surface area contributed by atoms with E-state index in [1.807, 2.05) is 30.3 Å². The Morgan fingerprint density at radius 2 is 1.42 bits per heavy atom. The number of rotatable bonds is 2. The van der Waals surface area contributed by atoms with E-state index in [2.05, 4.69) is 4.90 Å². The maximum atomic E-state index is 13.0. The molecule has 1 aromatic carbocycles. The van der Waals surface area contributed by atoms with Gasteiger partial charge in [-0.3, -0.25) is 0 Å². The Bertz CT molecular complexity index is 786. The van der Waals surface area contributed by atoms with E-state index in [1.165, 1.54) is 56.2 Å². The van der Waals surface area contributed by atoms with Gasteiger partial charge in [-0.05, 0) is 37.7 Å². The van der Waals surface area contributed by atoms with Crippen LogP contribution in [0, 0.1) is 0 Å². The largest absolute Gasteiger partial charge is 0.427 e. The summed E-state index contributed by atoms with van der Waals surface area (Å²) in [6.07, 6.45) is 11.8. The van der Waals surface area contributed by atoms with Crippen molar-refractivity contribution in [2.75, 3.05) is 18.0 Å². The summed E-state index contributed by atoms with van der Waals surface area (Å²) >= 11 is 0. The van der Waals surface area contributed by atoms with Crippen molar-refractivity contribution in [1.29, 1.82) is 0 Å². The first-order valence-corrected chi connectivity index (χ1v) is 10.3. The predicted molar refractivity (Wildman–Crippen MR) is 107 cm³/mol. The van der Waals surface area contributed by atoms with Gasteiger partial charge in [-0.25, -0.2) is 4.79 Å². The zero-order chi connectivity index (χ0) is 17.8. The standard InChI is InChI=1S/C23H29NO2/c25-23-21(18-12-6-5-7-13-18)22(24-16-10-3-4-11-17-24)19-14-8-1-2-9-15-20(19)26-23/h5-7,12-13H,1-4,8-11,14-17H2. The molecular formula is C23H29NO2. The lowest BCUT2D eigenvalue weighted by Crippen LogP contribution is -2.29. The number of fused-ring (bicyclic) bond motifs is 1. The number of anilines is 1. The van der Waals surface area contributed by atoms with Gasteiger partial charge in [0.2, 0.25) is 0 Å². The Hall–Kier alpha value is -2.03. The number of benzene rings is 1. The van der Waals surface area contributed by atoms with Crippen LogP contribution in [0.1, 0.15) is 62.7 Å². The minimum absolute atomic E-state index is 0.158. The third kappa shape index (κ3) is 3.58. The van der Waals surface area contributed by atoms with Crippen molar-refractivity contribution in [1.82, 2.24) is 0 Å². The number of nitrogens with zero attached hydrogens (tertiary/aromatic N) is 1. The minimum Gasteiger partial charge on any atom is -0.427 e. The van der Waals surface area contributed by atoms with E-state index in [1.54, 1.807) is 0 Å². The van der Waals surface area contributed by atoms with E-state index in [9.17, 15) is 4.79 Å². The van der Waals surface area contributed by atoms with Crippen molar-refractivity contribution >= 4 is 5.69 Å². The van der Waals surface area contributed by atoms with Crippen molar-refractivity contribution < 1.29 is 4.42 Å². The van der Waals surface area contributed by atoms with Crippen LogP contribution in [0.2, 0.25) is 0 Å². The molecule has 1 saturated heterocycles. The van der Waals surface area contributed by atoms with E-state index in [-0.39, 0.29) is 5.63 Å². The Balaban J connectivity index is 1.92. The molecule has 0 atom stereocenters. The normalized spacial score (nSPS) is 18.5. The summed E-state index contributed by atoms with van der Waals surface area (Å²) in [5, 5.41) is 0. The second kappa shape index (κ2) is 8.11. The zero-order valence-corrected chi connectivity index (χ0v) is 15.6. The Kier molecular flexibility index (Phi) is 5.42. The van der Waals surface area contributed by atoms with Gasteiger partial charge in [0.25, 0.3) is 0 Å². The van der Waals surface area contributed by atoms with Crippen LogP contribution in [-0.4, -0.2) is 13.1 Å². The Morgan fingerprint density at radius 1 is 0.769 bits per heavy atom. The van der Waals surface area contributed by atoms with E-state index >= 15 is 0 Å². The highest BCUT2D eigenvalue weighted by atomic mass is 16.4. The Labute approximate surface area is 156 Å². The highest BCUT2D eigenvalue weighted by molar-refractivity contribution is 5.80. The lowest BCUT2D eigenvalue weighted by molar-refractivity contribution is 0.433. The zero-order valence-electron chi connectivity index (χ0n) is 15.6. The predicted octanol–water partition coefficient (Wildman–Crippen LogP) is 5.35. The molecule has 0 radical (unpaired) electrons. The van der Waals surface area contributed by atoms with Gasteiger partial charge in [-0.1, -0.05) is 56.0 Å². The van der Waals surface area contributed by atoms with Gasteiger partial charge in [-0.2, -0.15) is 0 Å². The smallest absolute Gasteiger partial charge is 0.345 e. The minimum atomic E-state index is -0.158. The van der Waals surface area contributed by atoms with Gasteiger partial charge in [-0.15, -0.1) is 0 Å². The summed E-state index contributed by atoms with van der Waals surface area (Å²) in [7, 11) is 0. The van der Waals surface area contributed by atoms with Crippen molar-refractivity contribution in [2.45, 2.75) is 64.2 Å². The molecule has 2 aromatic rings. The molecule has 0 N–H and O–H groups in total. The second-order valence-electron chi connectivity index (χ2n) is 7.70. The van der Waals surface area contributed by atoms with Gasteiger partial charge >= 0.3 is 5.63 Å². The third-order valence-corrected chi connectivity index (χ3v) is 5.84. The summed E-state index contributed by atoms with van der Waals surface area (Å²) in [5.41, 5.74) is 4.11. The molecule has 1 fully saturated rings. The van der Waals surface area contributed by atoms with Gasteiger partial charge in [0.15, 0.2) is 0 Å². The van der Waals surface area contributed by atoms with Crippen LogP contribution in [0.25, 0.3) is 11.1 Å². The maximum absolute atomic E-state index is 13.0. The van der Waals surface area contributed by atoms with E-state index in [0.717, 1.165) is 49.2 Å². The fraction of sp³-hybridized carbons (Fsp3) is 0.522. The van der Waals surface area contributed by atoms with E-state index in [0.29, 0.717) is 0 Å². The molecule has 0 amide bonds. The van der Waals surface area contributed by atoms with Crippen LogP contribution in [0.15, 0.2) is 39.5 Å². The third-order valence-electron chi connectivity index (χ3n) is 5.84. The SMILES string of the molecule is O=c1oc2c(c(N3CCCCCC3)c1-c1ccccc1)CCCCCC2. The molecule has 0 unspecified atom stereocenters. The average Bonchev–Trinajstić information content (AvgIpc) is 2.92. The number of hydrogen-bond donors (Lipinski definition) is 0. The molecule has 138 valence electrons. The van der Waals surface area contributed by atoms with Gasteiger partial charge < -0.3 is 9.32 Å². The van der Waals surface area contributed by atoms with Gasteiger partial charge in [0.1, 0.15) is 5.76 Å². The highest BCUT2D eigenvalue weighted by Crippen LogP contribution is 2.37. The first-order valence-electron chi connectivity index (χ1n) is 10.3. The average molecular weight is 351 g/mol. The van der Waals surface area contributed by atoms with E-state index in [4.69, 9.17) is 4.42 Å². The quantitative estimate of drug-likeness (QED) is 0.731. The van der Waals surface area contributed by atoms with Gasteiger partial charge in [0.05, 0.1) is 11.3 Å². The summed E-state index contributed by atoms with van der Waals surface area (Å²) in [6, 6.07) is 10.1. The van der Waals surface area contributed by atoms with Crippen molar-refractivity contribution in [3.05, 3.63) is 52.1 Å². The maximum Gasteiger partial charge on any atom is 0.345 e. The van der Waals surface area contributed by atoms with E-state index < -0.39 is 0 Å². The van der Waals surface area contributed by atoms with Crippen LogP contribution < -0.4 is 10.5 Å². The highest BCUT2D eigenvalue weighted by Gasteiger charge is 2.26. The summed E-state index contributed by atoms with van der Waals surface area (Å²) < 4.78 is 5.90. The summed E-state index contributed by atoms with van der Waals surface area (Å²) in [4.78, 5) is 15.5. The molecule has 2 aliphatic rings. The van der Waals surface area contributed by atoms with Crippen LogP contribution in [0.4, 0.5) is 5.69 Å². The fourth-order valence-corrected chi connectivity index (χ4v) is 4.51. The molecular weight excluding hydrogens is 322 g/mol.